The van der Waals surface area contributed by atoms with E-state index in [2.05, 4.69) is 25.3 Å². The van der Waals surface area contributed by atoms with E-state index in [1.54, 1.807) is 18.3 Å². The van der Waals surface area contributed by atoms with E-state index in [0.29, 0.717) is 30.9 Å². The molecule has 0 radical (unpaired) electrons. The summed E-state index contributed by atoms with van der Waals surface area (Å²) in [5.74, 6) is 0.184. The molecule has 2 aromatic rings. The summed E-state index contributed by atoms with van der Waals surface area (Å²) in [6.07, 6.45) is 3.71. The molecule has 32 heavy (non-hydrogen) atoms. The highest BCUT2D eigenvalue weighted by molar-refractivity contribution is 6.30. The van der Waals surface area contributed by atoms with Gasteiger partial charge in [0.05, 0.1) is 23.9 Å². The summed E-state index contributed by atoms with van der Waals surface area (Å²) in [5, 5.41) is 16.7. The number of halogens is 2. The van der Waals surface area contributed by atoms with Gasteiger partial charge in [0.1, 0.15) is 5.82 Å². The van der Waals surface area contributed by atoms with Crippen molar-refractivity contribution in [2.75, 3.05) is 45.9 Å². The Labute approximate surface area is 192 Å². The molecule has 0 bridgehead atoms. The van der Waals surface area contributed by atoms with Gasteiger partial charge in [-0.25, -0.2) is 14.4 Å². The largest absolute Gasteiger partial charge is 0.411 e. The van der Waals surface area contributed by atoms with Gasteiger partial charge in [-0.05, 0) is 43.3 Å². The van der Waals surface area contributed by atoms with E-state index >= 15 is 0 Å². The minimum atomic E-state index is -0.474. The first-order chi connectivity index (χ1) is 15.6. The molecule has 2 aliphatic rings. The number of aliphatic imine (C=N–C) groups is 1. The fraction of sp³-hybridized carbons (Fsp3) is 0.435. The third-order valence-electron chi connectivity index (χ3n) is 5.73. The van der Waals surface area contributed by atoms with E-state index in [1.807, 2.05) is 6.07 Å². The van der Waals surface area contributed by atoms with Crippen molar-refractivity contribution < 1.29 is 14.3 Å². The fourth-order valence-electron chi connectivity index (χ4n) is 4.03. The van der Waals surface area contributed by atoms with Crippen LogP contribution in [-0.2, 0) is 17.6 Å². The molecule has 170 valence electrons. The van der Waals surface area contributed by atoms with Crippen molar-refractivity contribution in [3.05, 3.63) is 58.0 Å². The Morgan fingerprint density at radius 3 is 2.91 bits per heavy atom. The molecule has 1 fully saturated rings. The van der Waals surface area contributed by atoms with Gasteiger partial charge in [0.2, 0.25) is 0 Å². The van der Waals surface area contributed by atoms with Crippen LogP contribution in [0.3, 0.4) is 0 Å². The Hall–Kier alpha value is -2.39. The molecule has 7 nitrogen and oxygen atoms in total. The highest BCUT2D eigenvalue weighted by Gasteiger charge is 2.22. The minimum Gasteiger partial charge on any atom is -0.411 e. The summed E-state index contributed by atoms with van der Waals surface area (Å²) in [7, 11) is 0. The summed E-state index contributed by atoms with van der Waals surface area (Å²) in [5.41, 5.74) is 3.98. The number of benzene rings is 1. The number of morpholine rings is 1. The summed E-state index contributed by atoms with van der Waals surface area (Å²) >= 11 is 5.89. The number of nitrogens with one attached hydrogen (secondary N) is 1. The Bertz CT molecular complexity index is 1010. The SMILES string of the molecule is O/N=C(\Cc1ccc(F)c(Cl)c1)c1ccnc2c1CC(CNCCCN1CCOCC1)=N2. The summed E-state index contributed by atoms with van der Waals surface area (Å²) < 4.78 is 18.8. The zero-order valence-electron chi connectivity index (χ0n) is 17.9. The van der Waals surface area contributed by atoms with Gasteiger partial charge in [0.25, 0.3) is 0 Å². The van der Waals surface area contributed by atoms with Crippen LogP contribution in [0.5, 0.6) is 0 Å². The maximum Gasteiger partial charge on any atom is 0.156 e. The van der Waals surface area contributed by atoms with Crippen molar-refractivity contribution >= 4 is 28.8 Å². The predicted octanol–water partition coefficient (Wildman–Crippen LogP) is 3.24. The topological polar surface area (TPSA) is 82.3 Å². The van der Waals surface area contributed by atoms with E-state index < -0.39 is 5.82 Å². The van der Waals surface area contributed by atoms with Gasteiger partial charge in [0, 0.05) is 55.5 Å². The second-order valence-corrected chi connectivity index (χ2v) is 8.38. The molecule has 1 saturated heterocycles. The average Bonchev–Trinajstić information content (AvgIpc) is 3.23. The number of rotatable bonds is 9. The number of nitrogens with zero attached hydrogens (tertiary/aromatic N) is 4. The number of aromatic nitrogens is 1. The minimum absolute atomic E-state index is 0.0464. The highest BCUT2D eigenvalue weighted by atomic mass is 35.5. The number of hydrogen-bond donors (Lipinski definition) is 2. The Balaban J connectivity index is 1.32. The molecule has 2 aliphatic heterocycles. The predicted molar refractivity (Wildman–Crippen MR) is 123 cm³/mol. The van der Waals surface area contributed by atoms with Crippen LogP contribution in [0.25, 0.3) is 0 Å². The first-order valence-corrected chi connectivity index (χ1v) is 11.2. The molecule has 2 N–H and O–H groups in total. The monoisotopic (exact) mass is 459 g/mol. The molecule has 1 aromatic carbocycles. The van der Waals surface area contributed by atoms with Crippen LogP contribution >= 0.6 is 11.6 Å². The van der Waals surface area contributed by atoms with Crippen molar-refractivity contribution in [2.45, 2.75) is 19.3 Å². The number of pyridine rings is 1. The van der Waals surface area contributed by atoms with Gasteiger partial charge in [-0.15, -0.1) is 0 Å². The number of fused-ring (bicyclic) bond motifs is 1. The van der Waals surface area contributed by atoms with Crippen LogP contribution in [0.15, 0.2) is 40.6 Å². The van der Waals surface area contributed by atoms with Crippen molar-refractivity contribution in [1.82, 2.24) is 15.2 Å². The van der Waals surface area contributed by atoms with E-state index in [-0.39, 0.29) is 5.02 Å². The van der Waals surface area contributed by atoms with E-state index in [9.17, 15) is 9.60 Å². The zero-order chi connectivity index (χ0) is 22.3. The molecule has 9 heteroatoms. The van der Waals surface area contributed by atoms with Crippen molar-refractivity contribution in [1.29, 1.82) is 0 Å². The lowest BCUT2D eigenvalue weighted by atomic mass is 9.97. The summed E-state index contributed by atoms with van der Waals surface area (Å²) in [4.78, 5) is 11.5. The molecule has 0 unspecified atom stereocenters. The molecule has 0 saturated carbocycles. The lowest BCUT2D eigenvalue weighted by molar-refractivity contribution is 0.0375. The van der Waals surface area contributed by atoms with Crippen molar-refractivity contribution in [3.63, 3.8) is 0 Å². The highest BCUT2D eigenvalue weighted by Crippen LogP contribution is 2.28. The number of hydrogen-bond acceptors (Lipinski definition) is 7. The van der Waals surface area contributed by atoms with Gasteiger partial charge in [-0.1, -0.05) is 22.8 Å². The molecule has 0 atom stereocenters. The maximum absolute atomic E-state index is 13.5. The van der Waals surface area contributed by atoms with Crippen LogP contribution in [0.4, 0.5) is 10.2 Å². The molecule has 0 spiro atoms. The van der Waals surface area contributed by atoms with Crippen molar-refractivity contribution in [3.8, 4) is 0 Å². The lowest BCUT2D eigenvalue weighted by Crippen LogP contribution is -2.38. The smallest absolute Gasteiger partial charge is 0.156 e. The van der Waals surface area contributed by atoms with Crippen LogP contribution in [0.2, 0.25) is 5.02 Å². The van der Waals surface area contributed by atoms with Gasteiger partial charge in [0.15, 0.2) is 5.82 Å². The normalized spacial score (nSPS) is 16.8. The molecule has 0 aliphatic carbocycles. The Morgan fingerprint density at radius 1 is 1.28 bits per heavy atom. The third kappa shape index (κ3) is 5.69. The molecular formula is C23H27ClFN5O2. The van der Waals surface area contributed by atoms with Gasteiger partial charge in [-0.3, -0.25) is 4.90 Å². The van der Waals surface area contributed by atoms with Crippen LogP contribution in [0, 0.1) is 5.82 Å². The van der Waals surface area contributed by atoms with E-state index in [4.69, 9.17) is 16.3 Å². The number of oxime groups is 1. The van der Waals surface area contributed by atoms with Gasteiger partial charge in [-0.2, -0.15) is 0 Å². The molecule has 4 rings (SSSR count). The average molecular weight is 460 g/mol. The first kappa shape index (κ1) is 22.8. The molecule has 0 amide bonds. The molecule has 3 heterocycles. The maximum atomic E-state index is 13.5. The third-order valence-corrected chi connectivity index (χ3v) is 6.02. The van der Waals surface area contributed by atoms with Gasteiger partial charge >= 0.3 is 0 Å². The van der Waals surface area contributed by atoms with Crippen LogP contribution in [0.1, 0.15) is 23.1 Å². The van der Waals surface area contributed by atoms with Crippen molar-refractivity contribution in [2.24, 2.45) is 10.1 Å². The van der Waals surface area contributed by atoms with Crippen LogP contribution in [-0.4, -0.2) is 72.5 Å². The second-order valence-electron chi connectivity index (χ2n) is 7.97. The fourth-order valence-corrected chi connectivity index (χ4v) is 4.23. The quantitative estimate of drug-likeness (QED) is 0.260. The van der Waals surface area contributed by atoms with E-state index in [0.717, 1.165) is 68.2 Å². The molecule has 1 aromatic heterocycles. The molecular weight excluding hydrogens is 433 g/mol. The second kappa shape index (κ2) is 11.0. The zero-order valence-corrected chi connectivity index (χ0v) is 18.6. The standard InChI is InChI=1S/C23H27ClFN5O2/c24-20-12-16(2-3-21(20)25)13-22(29-31)18-4-6-27-23-19(18)14-17(28-23)15-26-5-1-7-30-8-10-32-11-9-30/h2-4,6,12,26,31H,1,5,7-11,13-15H2/b29-22+. The lowest BCUT2D eigenvalue weighted by Gasteiger charge is -2.26. The van der Waals surface area contributed by atoms with Gasteiger partial charge < -0.3 is 15.3 Å². The number of ether oxygens (including phenoxy) is 1. The summed E-state index contributed by atoms with van der Waals surface area (Å²) in [6, 6.07) is 6.33. The van der Waals surface area contributed by atoms with Crippen LogP contribution < -0.4 is 5.32 Å². The summed E-state index contributed by atoms with van der Waals surface area (Å²) in [6.45, 7) is 6.35. The Kier molecular flexibility index (Phi) is 7.81. The van der Waals surface area contributed by atoms with E-state index in [1.165, 1.54) is 6.07 Å². The Morgan fingerprint density at radius 2 is 2.12 bits per heavy atom. The first-order valence-electron chi connectivity index (χ1n) is 10.8.